The summed E-state index contributed by atoms with van der Waals surface area (Å²) >= 11 is 0. The smallest absolute Gasteiger partial charge is 0.0768 e. The van der Waals surface area contributed by atoms with E-state index in [2.05, 4.69) is 23.5 Å². The average Bonchev–Trinajstić information content (AvgIpc) is 2.80. The maximum Gasteiger partial charge on any atom is 0.0768 e. The second-order valence-electron chi connectivity index (χ2n) is 4.88. The highest BCUT2D eigenvalue weighted by atomic mass is 16.5. The molecule has 2 heteroatoms. The molecule has 0 N–H and O–H groups in total. The van der Waals surface area contributed by atoms with E-state index in [9.17, 15) is 0 Å². The van der Waals surface area contributed by atoms with Crippen LogP contribution in [0.3, 0.4) is 0 Å². The molecule has 0 amide bonds. The summed E-state index contributed by atoms with van der Waals surface area (Å²) in [6.07, 6.45) is 10.4. The Morgan fingerprint density at radius 3 is 2.88 bits per heavy atom. The van der Waals surface area contributed by atoms with Crippen molar-refractivity contribution in [3.05, 3.63) is 36.5 Å². The molecule has 2 fully saturated rings. The zero-order valence-corrected chi connectivity index (χ0v) is 9.56. The van der Waals surface area contributed by atoms with Crippen molar-refractivity contribution in [1.29, 1.82) is 0 Å². The van der Waals surface area contributed by atoms with E-state index in [4.69, 9.17) is 4.74 Å². The van der Waals surface area contributed by atoms with Crippen LogP contribution in [0.15, 0.2) is 24.4 Å². The lowest BCUT2D eigenvalue weighted by molar-refractivity contribution is -0.0731. The van der Waals surface area contributed by atoms with Crippen LogP contribution < -0.4 is 0 Å². The number of hydrogen-bond acceptors (Lipinski definition) is 2. The van der Waals surface area contributed by atoms with Gasteiger partial charge in [0.05, 0.1) is 5.60 Å². The van der Waals surface area contributed by atoms with Gasteiger partial charge >= 0.3 is 0 Å². The van der Waals surface area contributed by atoms with E-state index < -0.39 is 0 Å². The molecule has 1 aliphatic heterocycles. The quantitative estimate of drug-likeness (QED) is 0.719. The molecule has 1 radical (unpaired) electrons. The van der Waals surface area contributed by atoms with Gasteiger partial charge in [-0.15, -0.1) is 0 Å². The van der Waals surface area contributed by atoms with Crippen LogP contribution in [0.2, 0.25) is 0 Å². The molecule has 2 heterocycles. The van der Waals surface area contributed by atoms with Gasteiger partial charge in [-0.2, -0.15) is 0 Å². The third-order valence-electron chi connectivity index (χ3n) is 3.93. The first kappa shape index (κ1) is 10.3. The molecule has 1 aromatic heterocycles. The van der Waals surface area contributed by atoms with Gasteiger partial charge in [-0.3, -0.25) is 4.98 Å². The highest BCUT2D eigenvalue weighted by Crippen LogP contribution is 2.47. The predicted octanol–water partition coefficient (Wildman–Crippen LogP) is 3.10. The zero-order chi connectivity index (χ0) is 10.8. The summed E-state index contributed by atoms with van der Waals surface area (Å²) in [4.78, 5) is 4.51. The molecule has 1 saturated carbocycles. The summed E-state index contributed by atoms with van der Waals surface area (Å²) in [6.45, 7) is 0.892. The Bertz CT molecular complexity index is 343. The Kier molecular flexibility index (Phi) is 2.68. The number of rotatable bonds is 1. The predicted molar refractivity (Wildman–Crippen MR) is 63.0 cm³/mol. The molecule has 1 unspecified atom stereocenters. The van der Waals surface area contributed by atoms with E-state index in [1.807, 2.05) is 12.3 Å². The van der Waals surface area contributed by atoms with Crippen molar-refractivity contribution < 1.29 is 4.74 Å². The van der Waals surface area contributed by atoms with Gasteiger partial charge in [-0.05, 0) is 37.8 Å². The fourth-order valence-corrected chi connectivity index (χ4v) is 3.18. The van der Waals surface area contributed by atoms with Crippen LogP contribution in [0.4, 0.5) is 0 Å². The Hall–Kier alpha value is -0.890. The fourth-order valence-electron chi connectivity index (χ4n) is 3.18. The molecule has 16 heavy (non-hydrogen) atoms. The third-order valence-corrected chi connectivity index (χ3v) is 3.93. The maximum atomic E-state index is 6.12. The molecule has 1 aromatic rings. The minimum atomic E-state index is 0.0760. The van der Waals surface area contributed by atoms with Crippen LogP contribution >= 0.6 is 0 Å². The van der Waals surface area contributed by atoms with Crippen molar-refractivity contribution in [1.82, 2.24) is 4.98 Å². The molecular formula is C14H18NO. The Labute approximate surface area is 97.0 Å². The van der Waals surface area contributed by atoms with Crippen LogP contribution in [-0.2, 0) is 4.74 Å². The largest absolute Gasteiger partial charge is 0.374 e. The number of pyridine rings is 1. The normalized spacial score (nSPS) is 28.4. The molecular weight excluding hydrogens is 198 g/mol. The standard InChI is InChI=1S/C14H18NO/c1-4-10-15-13(7-1)12-6-5-11-16-14(12)8-2-3-9-14/h1,4,6-7,10,12H,2-3,5,8-9,11H2. The topological polar surface area (TPSA) is 22.1 Å². The van der Waals surface area contributed by atoms with Gasteiger partial charge < -0.3 is 4.74 Å². The molecule has 1 aliphatic carbocycles. The SMILES string of the molecule is [CH]1CCOC2(CCCC2)C1c1ccccn1. The van der Waals surface area contributed by atoms with Crippen LogP contribution in [0.1, 0.15) is 43.7 Å². The van der Waals surface area contributed by atoms with Crippen LogP contribution in [-0.4, -0.2) is 17.2 Å². The van der Waals surface area contributed by atoms with Gasteiger partial charge in [0.1, 0.15) is 0 Å². The third kappa shape index (κ3) is 1.65. The van der Waals surface area contributed by atoms with Crippen molar-refractivity contribution >= 4 is 0 Å². The molecule has 0 aromatic carbocycles. The Balaban J connectivity index is 1.91. The number of nitrogens with zero attached hydrogens (tertiary/aromatic N) is 1. The monoisotopic (exact) mass is 216 g/mol. The zero-order valence-electron chi connectivity index (χ0n) is 9.56. The molecule has 0 bridgehead atoms. The van der Waals surface area contributed by atoms with E-state index in [1.54, 1.807) is 0 Å². The fraction of sp³-hybridized carbons (Fsp3) is 0.571. The van der Waals surface area contributed by atoms with Gasteiger partial charge in [-0.1, -0.05) is 18.9 Å². The maximum absolute atomic E-state index is 6.12. The lowest BCUT2D eigenvalue weighted by atomic mass is 9.78. The number of aromatic nitrogens is 1. The first-order chi connectivity index (χ1) is 7.91. The Morgan fingerprint density at radius 2 is 2.12 bits per heavy atom. The first-order valence-corrected chi connectivity index (χ1v) is 6.29. The summed E-state index contributed by atoms with van der Waals surface area (Å²) in [5, 5.41) is 0. The van der Waals surface area contributed by atoms with Crippen molar-refractivity contribution in [3.8, 4) is 0 Å². The molecule has 2 aliphatic rings. The molecule has 1 spiro atoms. The highest BCUT2D eigenvalue weighted by Gasteiger charge is 2.45. The minimum absolute atomic E-state index is 0.0760. The van der Waals surface area contributed by atoms with Gasteiger partial charge in [0.25, 0.3) is 0 Å². The molecule has 2 nitrogen and oxygen atoms in total. The number of hydrogen-bond donors (Lipinski definition) is 0. The van der Waals surface area contributed by atoms with Crippen molar-refractivity contribution in [2.45, 2.75) is 43.6 Å². The van der Waals surface area contributed by atoms with Crippen LogP contribution in [0.5, 0.6) is 0 Å². The van der Waals surface area contributed by atoms with Crippen LogP contribution in [0.25, 0.3) is 0 Å². The first-order valence-electron chi connectivity index (χ1n) is 6.29. The summed E-state index contributed by atoms with van der Waals surface area (Å²) < 4.78 is 6.12. The summed E-state index contributed by atoms with van der Waals surface area (Å²) in [6, 6.07) is 6.19. The minimum Gasteiger partial charge on any atom is -0.374 e. The van der Waals surface area contributed by atoms with Gasteiger partial charge in [0.15, 0.2) is 0 Å². The van der Waals surface area contributed by atoms with Crippen molar-refractivity contribution in [2.75, 3.05) is 6.61 Å². The van der Waals surface area contributed by atoms with Crippen molar-refractivity contribution in [3.63, 3.8) is 0 Å². The summed E-state index contributed by atoms with van der Waals surface area (Å²) in [5.74, 6) is 0.407. The van der Waals surface area contributed by atoms with Gasteiger partial charge in [0, 0.05) is 24.4 Å². The second-order valence-corrected chi connectivity index (χ2v) is 4.88. The van der Waals surface area contributed by atoms with Crippen LogP contribution in [0, 0.1) is 6.42 Å². The van der Waals surface area contributed by atoms with E-state index in [1.165, 1.54) is 31.4 Å². The average molecular weight is 216 g/mol. The summed E-state index contributed by atoms with van der Waals surface area (Å²) in [7, 11) is 0. The van der Waals surface area contributed by atoms with Crippen molar-refractivity contribution in [2.24, 2.45) is 0 Å². The van der Waals surface area contributed by atoms with E-state index in [0.29, 0.717) is 5.92 Å². The molecule has 1 saturated heterocycles. The van der Waals surface area contributed by atoms with Gasteiger partial charge in [0.2, 0.25) is 0 Å². The molecule has 3 rings (SSSR count). The number of ether oxygens (including phenoxy) is 1. The second kappa shape index (κ2) is 4.17. The van der Waals surface area contributed by atoms with Gasteiger partial charge in [-0.25, -0.2) is 0 Å². The molecule has 85 valence electrons. The van der Waals surface area contributed by atoms with E-state index >= 15 is 0 Å². The lowest BCUT2D eigenvalue weighted by Crippen LogP contribution is -2.41. The Morgan fingerprint density at radius 1 is 1.25 bits per heavy atom. The highest BCUT2D eigenvalue weighted by molar-refractivity contribution is 5.21. The lowest BCUT2D eigenvalue weighted by Gasteiger charge is -2.41. The van der Waals surface area contributed by atoms with E-state index in [-0.39, 0.29) is 5.60 Å². The summed E-state index contributed by atoms with van der Waals surface area (Å²) in [5.41, 5.74) is 1.26. The van der Waals surface area contributed by atoms with E-state index in [0.717, 1.165) is 13.0 Å². The molecule has 1 atom stereocenters.